The molecule has 1 aromatic rings. The summed E-state index contributed by atoms with van der Waals surface area (Å²) in [4.78, 5) is 4.20. The van der Waals surface area contributed by atoms with Crippen molar-refractivity contribution in [1.29, 1.82) is 0 Å². The van der Waals surface area contributed by atoms with Crippen LogP contribution in [0.3, 0.4) is 0 Å². The van der Waals surface area contributed by atoms with Crippen LogP contribution >= 0.6 is 0 Å². The fraction of sp³-hybridized carbons (Fsp3) is 0.643. The average Bonchev–Trinajstić information content (AvgIpc) is 3.11. The lowest BCUT2D eigenvalue weighted by Crippen LogP contribution is -2.23. The van der Waals surface area contributed by atoms with Gasteiger partial charge in [0, 0.05) is 25.4 Å². The third kappa shape index (κ3) is 3.43. The molecule has 1 saturated carbocycles. The number of nitrogens with one attached hydrogen (secondary N) is 1. The summed E-state index contributed by atoms with van der Waals surface area (Å²) in [5.74, 6) is 0.679. The van der Waals surface area contributed by atoms with E-state index in [2.05, 4.69) is 23.3 Å². The maximum absolute atomic E-state index is 5.04. The molecule has 17 heavy (non-hydrogen) atoms. The van der Waals surface area contributed by atoms with Gasteiger partial charge in [-0.1, -0.05) is 19.4 Å². The molecule has 1 N–H and O–H groups in total. The van der Waals surface area contributed by atoms with Gasteiger partial charge in [0.15, 0.2) is 0 Å². The van der Waals surface area contributed by atoms with Gasteiger partial charge in [-0.15, -0.1) is 0 Å². The largest absolute Gasteiger partial charge is 0.481 e. The fourth-order valence-corrected chi connectivity index (χ4v) is 2.33. The Labute approximate surface area is 104 Å². The zero-order valence-electron chi connectivity index (χ0n) is 10.8. The Morgan fingerprint density at radius 1 is 1.41 bits per heavy atom. The molecule has 0 unspecified atom stereocenters. The lowest BCUT2D eigenvalue weighted by molar-refractivity contribution is 0.396. The van der Waals surface area contributed by atoms with Gasteiger partial charge in [0.25, 0.3) is 0 Å². The van der Waals surface area contributed by atoms with Crippen LogP contribution in [0, 0.1) is 5.41 Å². The Bertz CT molecular complexity index is 344. The minimum atomic E-state index is 0.620. The van der Waals surface area contributed by atoms with Crippen molar-refractivity contribution in [2.75, 3.05) is 13.7 Å². The Balaban J connectivity index is 1.74. The van der Waals surface area contributed by atoms with Gasteiger partial charge >= 0.3 is 0 Å². The van der Waals surface area contributed by atoms with Crippen LogP contribution in [0.2, 0.25) is 0 Å². The zero-order valence-corrected chi connectivity index (χ0v) is 10.8. The second kappa shape index (κ2) is 5.50. The maximum atomic E-state index is 5.04. The van der Waals surface area contributed by atoms with Crippen LogP contribution in [0.25, 0.3) is 0 Å². The molecule has 2 rings (SSSR count). The molecule has 3 nitrogen and oxygen atoms in total. The number of rotatable bonds is 7. The van der Waals surface area contributed by atoms with Crippen molar-refractivity contribution in [3.63, 3.8) is 0 Å². The van der Waals surface area contributed by atoms with E-state index in [4.69, 9.17) is 4.74 Å². The van der Waals surface area contributed by atoms with Gasteiger partial charge in [0.05, 0.1) is 7.11 Å². The van der Waals surface area contributed by atoms with Gasteiger partial charge < -0.3 is 10.1 Å². The second-order valence-corrected chi connectivity index (χ2v) is 5.06. The number of hydrogen-bond acceptors (Lipinski definition) is 3. The molecule has 0 atom stereocenters. The minimum Gasteiger partial charge on any atom is -0.481 e. The molecule has 1 aromatic heterocycles. The lowest BCUT2D eigenvalue weighted by Gasteiger charge is -2.14. The van der Waals surface area contributed by atoms with Crippen molar-refractivity contribution in [2.24, 2.45) is 5.41 Å². The predicted octanol–water partition coefficient (Wildman–Crippen LogP) is 2.76. The summed E-state index contributed by atoms with van der Waals surface area (Å²) < 4.78 is 5.04. The Hall–Kier alpha value is -1.09. The Morgan fingerprint density at radius 3 is 2.76 bits per heavy atom. The van der Waals surface area contributed by atoms with Crippen molar-refractivity contribution in [3.8, 4) is 5.88 Å². The van der Waals surface area contributed by atoms with Crippen molar-refractivity contribution < 1.29 is 4.74 Å². The molecule has 0 radical (unpaired) electrons. The van der Waals surface area contributed by atoms with Gasteiger partial charge in [0.1, 0.15) is 0 Å². The quantitative estimate of drug-likeness (QED) is 0.787. The van der Waals surface area contributed by atoms with Crippen LogP contribution in [0.4, 0.5) is 0 Å². The predicted molar refractivity (Wildman–Crippen MR) is 69.1 cm³/mol. The molecule has 3 heteroatoms. The van der Waals surface area contributed by atoms with Crippen molar-refractivity contribution in [2.45, 2.75) is 39.2 Å². The first-order valence-corrected chi connectivity index (χ1v) is 6.48. The highest BCUT2D eigenvalue weighted by molar-refractivity contribution is 5.17. The number of nitrogens with zero attached hydrogens (tertiary/aromatic N) is 1. The molecule has 0 aliphatic heterocycles. The number of aromatic nitrogens is 1. The average molecular weight is 234 g/mol. The van der Waals surface area contributed by atoms with Crippen molar-refractivity contribution in [3.05, 3.63) is 23.9 Å². The van der Waals surface area contributed by atoms with Gasteiger partial charge in [-0.3, -0.25) is 0 Å². The van der Waals surface area contributed by atoms with Gasteiger partial charge in [-0.2, -0.15) is 0 Å². The molecule has 0 bridgehead atoms. The molecular formula is C14H22N2O. The highest BCUT2D eigenvalue weighted by Gasteiger charge is 2.40. The molecule has 94 valence electrons. The second-order valence-electron chi connectivity index (χ2n) is 5.06. The number of ether oxygens (including phenoxy) is 1. The molecule has 0 saturated heterocycles. The molecule has 0 amide bonds. The van der Waals surface area contributed by atoms with Gasteiger partial charge in [0.2, 0.25) is 5.88 Å². The topological polar surface area (TPSA) is 34.1 Å². The lowest BCUT2D eigenvalue weighted by atomic mass is 10.0. The van der Waals surface area contributed by atoms with E-state index in [-0.39, 0.29) is 0 Å². The van der Waals surface area contributed by atoms with Crippen LogP contribution in [-0.4, -0.2) is 18.6 Å². The third-order valence-corrected chi connectivity index (χ3v) is 3.57. The molecule has 1 aliphatic carbocycles. The van der Waals surface area contributed by atoms with E-state index < -0.39 is 0 Å². The zero-order chi connectivity index (χ0) is 12.1. The molecule has 0 spiro atoms. The van der Waals surface area contributed by atoms with Crippen LogP contribution in [0.5, 0.6) is 5.88 Å². The van der Waals surface area contributed by atoms with Gasteiger partial charge in [-0.05, 0) is 30.2 Å². The number of pyridine rings is 1. The molecule has 1 fully saturated rings. The summed E-state index contributed by atoms with van der Waals surface area (Å²) in [6.07, 6.45) is 7.33. The monoisotopic (exact) mass is 234 g/mol. The minimum absolute atomic E-state index is 0.620. The molecule has 0 aromatic carbocycles. The maximum Gasteiger partial charge on any atom is 0.212 e. The summed E-state index contributed by atoms with van der Waals surface area (Å²) in [6, 6.07) is 3.98. The van der Waals surface area contributed by atoms with E-state index in [0.29, 0.717) is 11.3 Å². The summed E-state index contributed by atoms with van der Waals surface area (Å²) in [5.41, 5.74) is 1.84. The van der Waals surface area contributed by atoms with Crippen LogP contribution in [0.1, 0.15) is 38.2 Å². The summed E-state index contributed by atoms with van der Waals surface area (Å²) in [7, 11) is 1.64. The van der Waals surface area contributed by atoms with Gasteiger partial charge in [-0.25, -0.2) is 4.98 Å². The number of methoxy groups -OCH3 is 1. The highest BCUT2D eigenvalue weighted by Crippen LogP contribution is 2.48. The van der Waals surface area contributed by atoms with Crippen LogP contribution in [-0.2, 0) is 6.54 Å². The highest BCUT2D eigenvalue weighted by atomic mass is 16.5. The molecule has 1 heterocycles. The van der Waals surface area contributed by atoms with E-state index in [1.165, 1.54) is 31.2 Å². The first kappa shape index (κ1) is 12.4. The Kier molecular flexibility index (Phi) is 4.00. The molecular weight excluding hydrogens is 212 g/mol. The summed E-state index contributed by atoms with van der Waals surface area (Å²) >= 11 is 0. The van der Waals surface area contributed by atoms with E-state index >= 15 is 0 Å². The third-order valence-electron chi connectivity index (χ3n) is 3.57. The van der Waals surface area contributed by atoms with E-state index in [1.54, 1.807) is 7.11 Å². The van der Waals surface area contributed by atoms with E-state index in [9.17, 15) is 0 Å². The SMILES string of the molecule is CCCC1(CNCc2ccc(OC)nc2)CC1. The Morgan fingerprint density at radius 2 is 2.24 bits per heavy atom. The van der Waals surface area contributed by atoms with Crippen LogP contribution in [0.15, 0.2) is 18.3 Å². The first-order valence-electron chi connectivity index (χ1n) is 6.48. The standard InChI is InChI=1S/C14H22N2O/c1-3-6-14(7-8-14)11-15-9-12-4-5-13(17-2)16-10-12/h4-5,10,15H,3,6-9,11H2,1-2H3. The summed E-state index contributed by atoms with van der Waals surface area (Å²) in [5, 5.41) is 3.55. The number of hydrogen-bond donors (Lipinski definition) is 1. The summed E-state index contributed by atoms with van der Waals surface area (Å²) in [6.45, 7) is 4.32. The first-order chi connectivity index (χ1) is 8.28. The smallest absolute Gasteiger partial charge is 0.212 e. The normalized spacial score (nSPS) is 16.8. The van der Waals surface area contributed by atoms with Crippen molar-refractivity contribution >= 4 is 0 Å². The van der Waals surface area contributed by atoms with Crippen LogP contribution < -0.4 is 10.1 Å². The molecule has 1 aliphatic rings. The van der Waals surface area contributed by atoms with Crippen molar-refractivity contribution in [1.82, 2.24) is 10.3 Å². The van der Waals surface area contributed by atoms with E-state index in [1.807, 2.05) is 12.3 Å². The fourth-order valence-electron chi connectivity index (χ4n) is 2.33. The van der Waals surface area contributed by atoms with E-state index in [0.717, 1.165) is 13.1 Å².